The van der Waals surface area contributed by atoms with Crippen LogP contribution in [0.5, 0.6) is 0 Å². The molecule has 226 valence electrons. The van der Waals surface area contributed by atoms with E-state index in [1.54, 1.807) is 12.1 Å². The molecule has 4 N–H and O–H groups in total. The number of hydrogen-bond donors (Lipinski definition) is 4. The second-order valence-electron chi connectivity index (χ2n) is 8.84. The number of alkyl halides is 3. The van der Waals surface area contributed by atoms with Crippen molar-refractivity contribution < 1.29 is 41.1 Å². The van der Waals surface area contributed by atoms with Gasteiger partial charge in [0.25, 0.3) is 15.9 Å². The Labute approximate surface area is 240 Å². The number of benzene rings is 2. The lowest BCUT2D eigenvalue weighted by molar-refractivity contribution is -0.192. The van der Waals surface area contributed by atoms with Gasteiger partial charge < -0.3 is 25.5 Å². The summed E-state index contributed by atoms with van der Waals surface area (Å²) in [6.45, 7) is 5.31. The molecule has 16 heteroatoms. The fourth-order valence-corrected chi connectivity index (χ4v) is 4.77. The Balaban J connectivity index is 0.000000745. The molecule has 41 heavy (non-hydrogen) atoms. The molecule has 0 aromatic heterocycles. The summed E-state index contributed by atoms with van der Waals surface area (Å²) in [5.41, 5.74) is 1.25. The van der Waals surface area contributed by atoms with Crippen molar-refractivity contribution in [2.75, 3.05) is 55.9 Å². The quantitative estimate of drug-likeness (QED) is 0.334. The van der Waals surface area contributed by atoms with Crippen LogP contribution in [0.4, 0.5) is 24.5 Å². The number of nitrogens with one attached hydrogen (secondary N) is 3. The number of carboxylic acid groups (broad SMARTS) is 1. The standard InChI is InChI=1S/C23H30ClN5O4S.C2HF3O2/c1-3-10-26-22(30)16-28(2)23(31)17-4-9-21(29-13-11-25-12-14-29)20(15-17)27-34(32,33)19-7-5-18(24)6-8-19;3-2(4,5)1(6)7/h4-9,15,25,27H,3,10-14,16H2,1-2H3,(H,26,30);(H,6,7). The van der Waals surface area contributed by atoms with Gasteiger partial charge in [-0.05, 0) is 48.9 Å². The van der Waals surface area contributed by atoms with Gasteiger partial charge in [0.15, 0.2) is 0 Å². The molecular weight excluding hydrogens is 591 g/mol. The number of anilines is 2. The summed E-state index contributed by atoms with van der Waals surface area (Å²) in [6.07, 6.45) is -4.28. The van der Waals surface area contributed by atoms with E-state index >= 15 is 0 Å². The van der Waals surface area contributed by atoms with E-state index < -0.39 is 22.2 Å². The highest BCUT2D eigenvalue weighted by atomic mass is 35.5. The molecule has 2 amide bonds. The molecule has 0 atom stereocenters. The summed E-state index contributed by atoms with van der Waals surface area (Å²) < 4.78 is 60.5. The lowest BCUT2D eigenvalue weighted by Crippen LogP contribution is -2.44. The van der Waals surface area contributed by atoms with Crippen molar-refractivity contribution in [3.05, 3.63) is 53.1 Å². The highest BCUT2D eigenvalue weighted by Gasteiger charge is 2.38. The number of rotatable bonds is 9. The van der Waals surface area contributed by atoms with Crippen molar-refractivity contribution in [1.29, 1.82) is 0 Å². The molecule has 0 radical (unpaired) electrons. The number of carbonyl (C=O) groups is 3. The summed E-state index contributed by atoms with van der Waals surface area (Å²) in [5, 5.41) is 13.6. The van der Waals surface area contributed by atoms with Crippen molar-refractivity contribution in [2.24, 2.45) is 0 Å². The van der Waals surface area contributed by atoms with Crippen LogP contribution in [-0.2, 0) is 19.6 Å². The van der Waals surface area contributed by atoms with Gasteiger partial charge in [-0.3, -0.25) is 14.3 Å². The SMILES string of the molecule is CCCNC(=O)CN(C)C(=O)c1ccc(N2CCNCC2)c(NS(=O)(=O)c2ccc(Cl)cc2)c1.O=C(O)C(F)(F)F. The molecular formula is C25H31ClF3N5O6S. The monoisotopic (exact) mass is 621 g/mol. The maximum absolute atomic E-state index is 13.1. The molecule has 1 fully saturated rings. The van der Waals surface area contributed by atoms with Gasteiger partial charge in [0.05, 0.1) is 22.8 Å². The van der Waals surface area contributed by atoms with Crippen LogP contribution in [0.15, 0.2) is 47.4 Å². The Bertz CT molecular complexity index is 1320. The molecule has 0 aliphatic carbocycles. The Morgan fingerprint density at radius 3 is 2.22 bits per heavy atom. The minimum absolute atomic E-state index is 0.0598. The van der Waals surface area contributed by atoms with Gasteiger partial charge in [0.2, 0.25) is 5.91 Å². The first-order valence-corrected chi connectivity index (χ1v) is 14.2. The van der Waals surface area contributed by atoms with E-state index in [9.17, 15) is 31.2 Å². The van der Waals surface area contributed by atoms with Gasteiger partial charge >= 0.3 is 12.1 Å². The van der Waals surface area contributed by atoms with E-state index in [4.69, 9.17) is 21.5 Å². The average molecular weight is 622 g/mol. The summed E-state index contributed by atoms with van der Waals surface area (Å²) in [7, 11) is -2.39. The molecule has 0 saturated carbocycles. The van der Waals surface area contributed by atoms with Crippen molar-refractivity contribution in [2.45, 2.75) is 24.4 Å². The second-order valence-corrected chi connectivity index (χ2v) is 11.0. The summed E-state index contributed by atoms with van der Waals surface area (Å²) in [5.74, 6) is -3.39. The highest BCUT2D eigenvalue weighted by molar-refractivity contribution is 7.92. The third-order valence-electron chi connectivity index (χ3n) is 5.61. The summed E-state index contributed by atoms with van der Waals surface area (Å²) >= 11 is 5.90. The van der Waals surface area contributed by atoms with Crippen LogP contribution in [0.1, 0.15) is 23.7 Å². The Kier molecular flexibility index (Phi) is 12.2. The van der Waals surface area contributed by atoms with Crippen molar-refractivity contribution >= 4 is 50.8 Å². The molecule has 1 saturated heterocycles. The number of aliphatic carboxylic acids is 1. The number of nitrogens with zero attached hydrogens (tertiary/aromatic N) is 2. The van der Waals surface area contributed by atoms with Crippen LogP contribution in [0.2, 0.25) is 5.02 Å². The van der Waals surface area contributed by atoms with Crippen molar-refractivity contribution in [3.63, 3.8) is 0 Å². The second kappa shape index (κ2) is 14.9. The van der Waals surface area contributed by atoms with Gasteiger partial charge in [-0.2, -0.15) is 13.2 Å². The maximum Gasteiger partial charge on any atom is 0.490 e. The molecule has 0 bridgehead atoms. The minimum atomic E-state index is -5.08. The topological polar surface area (TPSA) is 148 Å². The van der Waals surface area contributed by atoms with Crippen LogP contribution in [-0.4, -0.2) is 88.7 Å². The minimum Gasteiger partial charge on any atom is -0.475 e. The Morgan fingerprint density at radius 2 is 1.68 bits per heavy atom. The average Bonchev–Trinajstić information content (AvgIpc) is 2.91. The molecule has 0 unspecified atom stereocenters. The van der Waals surface area contributed by atoms with E-state index in [-0.39, 0.29) is 28.8 Å². The lowest BCUT2D eigenvalue weighted by Gasteiger charge is -2.31. The van der Waals surface area contributed by atoms with Gasteiger partial charge in [0.1, 0.15) is 0 Å². The number of halogens is 4. The zero-order chi connectivity index (χ0) is 30.8. The predicted octanol–water partition coefficient (Wildman–Crippen LogP) is 2.78. The van der Waals surface area contributed by atoms with E-state index in [2.05, 4.69) is 20.3 Å². The van der Waals surface area contributed by atoms with Crippen molar-refractivity contribution in [3.8, 4) is 0 Å². The Morgan fingerprint density at radius 1 is 1.10 bits per heavy atom. The molecule has 1 aliphatic heterocycles. The normalized spacial score (nSPS) is 13.5. The van der Waals surface area contributed by atoms with Crippen LogP contribution in [0, 0.1) is 0 Å². The number of sulfonamides is 1. The largest absolute Gasteiger partial charge is 0.490 e. The van der Waals surface area contributed by atoms with Gasteiger partial charge in [-0.15, -0.1) is 0 Å². The molecule has 1 aliphatic rings. The number of likely N-dealkylation sites (N-methyl/N-ethyl adjacent to an activating group) is 1. The van der Waals surface area contributed by atoms with E-state index in [1.807, 2.05) is 6.92 Å². The molecule has 3 rings (SSSR count). The molecule has 11 nitrogen and oxygen atoms in total. The van der Waals surface area contributed by atoms with Gasteiger partial charge in [-0.1, -0.05) is 18.5 Å². The first kappa shape index (κ1) is 33.6. The first-order valence-electron chi connectivity index (χ1n) is 12.4. The Hall–Kier alpha value is -3.56. The maximum atomic E-state index is 13.1. The number of carboxylic acids is 1. The zero-order valence-corrected chi connectivity index (χ0v) is 23.9. The fraction of sp³-hybridized carbons (Fsp3) is 0.400. The van der Waals surface area contributed by atoms with Gasteiger partial charge in [-0.25, -0.2) is 13.2 Å². The number of piperazine rings is 1. The number of hydrogen-bond acceptors (Lipinski definition) is 7. The molecule has 0 spiro atoms. The van der Waals surface area contributed by atoms with Crippen LogP contribution in [0.25, 0.3) is 0 Å². The van der Waals surface area contributed by atoms with Crippen LogP contribution < -0.4 is 20.3 Å². The number of amides is 2. The van der Waals surface area contributed by atoms with Gasteiger partial charge in [0, 0.05) is 50.4 Å². The predicted molar refractivity (Wildman–Crippen MR) is 148 cm³/mol. The van der Waals surface area contributed by atoms with Crippen LogP contribution >= 0.6 is 11.6 Å². The molecule has 2 aromatic rings. The summed E-state index contributed by atoms with van der Waals surface area (Å²) in [4.78, 5) is 37.3. The van der Waals surface area contributed by atoms with E-state index in [0.717, 1.165) is 19.5 Å². The smallest absolute Gasteiger partial charge is 0.475 e. The number of carbonyl (C=O) groups excluding carboxylic acids is 2. The third-order valence-corrected chi connectivity index (χ3v) is 7.24. The van der Waals surface area contributed by atoms with E-state index in [1.165, 1.54) is 42.3 Å². The third kappa shape index (κ3) is 10.4. The molecule has 2 aromatic carbocycles. The zero-order valence-electron chi connectivity index (χ0n) is 22.3. The highest BCUT2D eigenvalue weighted by Crippen LogP contribution is 2.30. The van der Waals surface area contributed by atoms with Crippen molar-refractivity contribution in [1.82, 2.24) is 15.5 Å². The first-order chi connectivity index (χ1) is 19.2. The van der Waals surface area contributed by atoms with Crippen LogP contribution in [0.3, 0.4) is 0 Å². The summed E-state index contributed by atoms with van der Waals surface area (Å²) in [6, 6.07) is 10.8. The molecule has 1 heterocycles. The lowest BCUT2D eigenvalue weighted by atomic mass is 10.1. The van der Waals surface area contributed by atoms with E-state index in [0.29, 0.717) is 36.0 Å². The fourth-order valence-electron chi connectivity index (χ4n) is 3.58.